The highest BCUT2D eigenvalue weighted by molar-refractivity contribution is 7.89. The second-order valence-corrected chi connectivity index (χ2v) is 9.53. The molecule has 0 aliphatic rings. The molecule has 0 saturated heterocycles. The molecule has 0 aliphatic heterocycles. The molecule has 1 atom stereocenters. The quantitative estimate of drug-likeness (QED) is 0.572. The van der Waals surface area contributed by atoms with Gasteiger partial charge in [-0.25, -0.2) is 8.42 Å². The molecule has 0 amide bonds. The number of hydrogen-bond acceptors (Lipinski definition) is 4. The number of benzene rings is 2. The van der Waals surface area contributed by atoms with Gasteiger partial charge in [0, 0.05) is 36.5 Å². The number of pyridine rings is 1. The van der Waals surface area contributed by atoms with E-state index < -0.39 is 16.1 Å². The van der Waals surface area contributed by atoms with E-state index >= 15 is 0 Å². The number of hydrogen-bond donors (Lipinski definition) is 1. The minimum absolute atomic E-state index is 0.202. The Morgan fingerprint density at radius 2 is 1.87 bits per heavy atom. The molecular weight excluding hydrogens is 418 g/mol. The van der Waals surface area contributed by atoms with Crippen LogP contribution in [-0.2, 0) is 10.0 Å². The van der Waals surface area contributed by atoms with Gasteiger partial charge in [0.15, 0.2) is 0 Å². The molecule has 0 spiro atoms. The topological polar surface area (TPSA) is 76.3 Å². The lowest BCUT2D eigenvalue weighted by Crippen LogP contribution is -2.37. The third-order valence-electron chi connectivity index (χ3n) is 5.29. The van der Waals surface area contributed by atoms with E-state index in [-0.39, 0.29) is 18.0 Å². The fourth-order valence-electron chi connectivity index (χ4n) is 3.57. The number of halogens is 1. The van der Waals surface area contributed by atoms with Crippen molar-refractivity contribution in [1.29, 1.82) is 0 Å². The van der Waals surface area contributed by atoms with Gasteiger partial charge in [-0.3, -0.25) is 4.98 Å². The molecule has 1 aromatic heterocycles. The standard InChI is InChI=1S/C23H26ClN3O2S/c1-16-15-26-12-10-21(16)20-7-4-6-19(14-20)18(3)27(13-11-25)30(28,29)23-9-5-8-22(24)17(23)2/h4-10,12,14-15,18H,11,13,25H2,1-3H3. The Morgan fingerprint density at radius 1 is 1.13 bits per heavy atom. The zero-order chi connectivity index (χ0) is 21.9. The van der Waals surface area contributed by atoms with Crippen molar-refractivity contribution in [3.63, 3.8) is 0 Å². The first kappa shape index (κ1) is 22.4. The summed E-state index contributed by atoms with van der Waals surface area (Å²) >= 11 is 6.19. The van der Waals surface area contributed by atoms with E-state index in [1.54, 1.807) is 31.3 Å². The number of sulfonamides is 1. The zero-order valence-corrected chi connectivity index (χ0v) is 18.9. The van der Waals surface area contributed by atoms with Crippen molar-refractivity contribution in [3.05, 3.63) is 82.6 Å². The number of aryl methyl sites for hydroxylation is 1. The zero-order valence-electron chi connectivity index (χ0n) is 17.3. The molecule has 0 bridgehead atoms. The van der Waals surface area contributed by atoms with Crippen molar-refractivity contribution in [2.75, 3.05) is 13.1 Å². The summed E-state index contributed by atoms with van der Waals surface area (Å²) in [5, 5.41) is 0.423. The Hall–Kier alpha value is -2.25. The van der Waals surface area contributed by atoms with Crippen molar-refractivity contribution >= 4 is 21.6 Å². The van der Waals surface area contributed by atoms with Gasteiger partial charge in [-0.05, 0) is 72.9 Å². The largest absolute Gasteiger partial charge is 0.329 e. The first-order valence-corrected chi connectivity index (χ1v) is 11.6. The summed E-state index contributed by atoms with van der Waals surface area (Å²) in [4.78, 5) is 4.35. The van der Waals surface area contributed by atoms with Crippen LogP contribution in [0.25, 0.3) is 11.1 Å². The molecule has 30 heavy (non-hydrogen) atoms. The highest BCUT2D eigenvalue weighted by Crippen LogP contribution is 2.33. The fourth-order valence-corrected chi connectivity index (χ4v) is 5.69. The van der Waals surface area contributed by atoms with Crippen LogP contribution >= 0.6 is 11.6 Å². The van der Waals surface area contributed by atoms with E-state index in [0.717, 1.165) is 22.3 Å². The molecule has 0 saturated carbocycles. The predicted molar refractivity (Wildman–Crippen MR) is 122 cm³/mol. The van der Waals surface area contributed by atoms with Crippen molar-refractivity contribution in [2.45, 2.75) is 31.7 Å². The maximum absolute atomic E-state index is 13.5. The van der Waals surface area contributed by atoms with Gasteiger partial charge in [-0.2, -0.15) is 4.31 Å². The van der Waals surface area contributed by atoms with Gasteiger partial charge >= 0.3 is 0 Å². The lowest BCUT2D eigenvalue weighted by atomic mass is 9.98. The molecule has 2 aromatic carbocycles. The smallest absolute Gasteiger partial charge is 0.243 e. The summed E-state index contributed by atoms with van der Waals surface area (Å²) in [5.74, 6) is 0. The van der Waals surface area contributed by atoms with Crippen LogP contribution in [-0.4, -0.2) is 30.8 Å². The molecule has 0 aliphatic carbocycles. The molecule has 7 heteroatoms. The van der Waals surface area contributed by atoms with Crippen LogP contribution in [0.3, 0.4) is 0 Å². The number of aromatic nitrogens is 1. The SMILES string of the molecule is Cc1cnccc1-c1cccc(C(C)N(CCN)S(=O)(=O)c2cccc(Cl)c2C)c1. The summed E-state index contributed by atoms with van der Waals surface area (Å²) in [6.45, 7) is 6.02. The third-order valence-corrected chi connectivity index (χ3v) is 7.81. The lowest BCUT2D eigenvalue weighted by Gasteiger charge is -2.29. The molecule has 0 fully saturated rings. The average Bonchev–Trinajstić information content (AvgIpc) is 2.73. The Balaban J connectivity index is 2.04. The Kier molecular flexibility index (Phi) is 6.93. The Morgan fingerprint density at radius 3 is 2.57 bits per heavy atom. The van der Waals surface area contributed by atoms with Crippen LogP contribution in [0.1, 0.15) is 29.7 Å². The first-order valence-electron chi connectivity index (χ1n) is 9.75. The Labute approximate surface area is 183 Å². The van der Waals surface area contributed by atoms with Crippen LogP contribution < -0.4 is 5.73 Å². The Bertz CT molecular complexity index is 1150. The van der Waals surface area contributed by atoms with E-state index in [0.29, 0.717) is 10.6 Å². The molecule has 0 radical (unpaired) electrons. The summed E-state index contributed by atoms with van der Waals surface area (Å²) in [7, 11) is -3.79. The molecule has 2 N–H and O–H groups in total. The van der Waals surface area contributed by atoms with Crippen molar-refractivity contribution in [3.8, 4) is 11.1 Å². The minimum atomic E-state index is -3.79. The number of nitrogens with zero attached hydrogens (tertiary/aromatic N) is 2. The van der Waals surface area contributed by atoms with Crippen molar-refractivity contribution in [1.82, 2.24) is 9.29 Å². The summed E-state index contributed by atoms with van der Waals surface area (Å²) in [6.07, 6.45) is 3.57. The van der Waals surface area contributed by atoms with E-state index in [1.165, 1.54) is 4.31 Å². The number of nitrogens with two attached hydrogens (primary N) is 1. The van der Waals surface area contributed by atoms with E-state index in [1.807, 2.05) is 50.4 Å². The van der Waals surface area contributed by atoms with E-state index in [4.69, 9.17) is 17.3 Å². The molecule has 1 unspecified atom stereocenters. The van der Waals surface area contributed by atoms with Gasteiger partial charge < -0.3 is 5.73 Å². The lowest BCUT2D eigenvalue weighted by molar-refractivity contribution is 0.349. The van der Waals surface area contributed by atoms with Gasteiger partial charge in [-0.15, -0.1) is 0 Å². The second kappa shape index (κ2) is 9.27. The molecule has 158 valence electrons. The van der Waals surface area contributed by atoms with Gasteiger partial charge in [0.05, 0.1) is 4.90 Å². The van der Waals surface area contributed by atoms with Crippen LogP contribution in [0.5, 0.6) is 0 Å². The summed E-state index contributed by atoms with van der Waals surface area (Å²) < 4.78 is 28.5. The summed E-state index contributed by atoms with van der Waals surface area (Å²) in [5.41, 5.74) is 10.4. The van der Waals surface area contributed by atoms with Crippen LogP contribution in [0.2, 0.25) is 5.02 Å². The van der Waals surface area contributed by atoms with Crippen LogP contribution in [0.4, 0.5) is 0 Å². The highest BCUT2D eigenvalue weighted by atomic mass is 35.5. The van der Waals surface area contributed by atoms with Gasteiger partial charge in [0.1, 0.15) is 0 Å². The monoisotopic (exact) mass is 443 g/mol. The molecule has 5 nitrogen and oxygen atoms in total. The highest BCUT2D eigenvalue weighted by Gasteiger charge is 2.31. The third kappa shape index (κ3) is 4.42. The van der Waals surface area contributed by atoms with Crippen molar-refractivity contribution < 1.29 is 8.42 Å². The molecule has 3 aromatic rings. The van der Waals surface area contributed by atoms with Gasteiger partial charge in [0.2, 0.25) is 10.0 Å². The second-order valence-electron chi connectivity index (χ2n) is 7.26. The van der Waals surface area contributed by atoms with Gasteiger partial charge in [-0.1, -0.05) is 35.9 Å². The van der Waals surface area contributed by atoms with Crippen LogP contribution in [0.15, 0.2) is 65.8 Å². The van der Waals surface area contributed by atoms with E-state index in [9.17, 15) is 8.42 Å². The predicted octanol–water partition coefficient (Wildman–Crippen LogP) is 4.73. The van der Waals surface area contributed by atoms with E-state index in [2.05, 4.69) is 4.98 Å². The first-order chi connectivity index (χ1) is 14.3. The normalized spacial score (nSPS) is 12.9. The van der Waals surface area contributed by atoms with Gasteiger partial charge in [0.25, 0.3) is 0 Å². The molecule has 1 heterocycles. The maximum Gasteiger partial charge on any atom is 0.243 e. The fraction of sp³-hybridized carbons (Fsp3) is 0.261. The van der Waals surface area contributed by atoms with Crippen LogP contribution in [0, 0.1) is 13.8 Å². The minimum Gasteiger partial charge on any atom is -0.329 e. The average molecular weight is 444 g/mol. The van der Waals surface area contributed by atoms with Crippen molar-refractivity contribution in [2.24, 2.45) is 5.73 Å². The molecule has 3 rings (SSSR count). The summed E-state index contributed by atoms with van der Waals surface area (Å²) in [6, 6.07) is 14.4. The number of rotatable bonds is 7. The maximum atomic E-state index is 13.5. The molecular formula is C23H26ClN3O2S.